The molecule has 8 heteroatoms. The maximum Gasteiger partial charge on any atom is 0.419 e. The molecule has 1 saturated carbocycles. The Morgan fingerprint density at radius 3 is 2.96 bits per heavy atom. The predicted molar refractivity (Wildman–Crippen MR) is 98.1 cm³/mol. The van der Waals surface area contributed by atoms with Crippen LogP contribution in [0.4, 0.5) is 19.1 Å². The van der Waals surface area contributed by atoms with Crippen LogP contribution < -0.4 is 11.1 Å². The quantitative estimate of drug-likeness (QED) is 0.638. The minimum Gasteiger partial charge on any atom is -0.360 e. The lowest BCUT2D eigenvalue weighted by atomic mass is 10.0. The van der Waals surface area contributed by atoms with Crippen molar-refractivity contribution in [1.82, 2.24) is 15.0 Å². The summed E-state index contributed by atoms with van der Waals surface area (Å²) in [5.74, 6) is 0.415. The van der Waals surface area contributed by atoms with E-state index in [1.54, 1.807) is 18.2 Å². The number of aromatic nitrogens is 3. The smallest absolute Gasteiger partial charge is 0.360 e. The van der Waals surface area contributed by atoms with E-state index >= 15 is 0 Å². The Balaban J connectivity index is 1.80. The molecular formula is C19H20F3N5. The summed E-state index contributed by atoms with van der Waals surface area (Å²) < 4.78 is 48.8. The van der Waals surface area contributed by atoms with Gasteiger partial charge in [0, 0.05) is 34.9 Å². The molecule has 1 aliphatic carbocycles. The molecule has 0 aliphatic heterocycles. The lowest BCUT2D eigenvalue weighted by Gasteiger charge is -2.20. The summed E-state index contributed by atoms with van der Waals surface area (Å²) in [4.78, 5) is 11.0. The first-order chi connectivity index (χ1) is 13.4. The zero-order chi connectivity index (χ0) is 19.9. The summed E-state index contributed by atoms with van der Waals surface area (Å²) in [6.07, 6.45) is 0.570. The minimum atomic E-state index is -4.59. The van der Waals surface area contributed by atoms with E-state index < -0.39 is 11.7 Å². The molecule has 0 amide bonds. The third-order valence-corrected chi connectivity index (χ3v) is 5.13. The zero-order valence-electron chi connectivity index (χ0n) is 15.5. The first kappa shape index (κ1) is 16.6. The van der Waals surface area contributed by atoms with Gasteiger partial charge in [-0.1, -0.05) is 24.6 Å². The molecule has 3 aromatic rings. The van der Waals surface area contributed by atoms with Crippen LogP contribution in [0.3, 0.4) is 0 Å². The first-order valence-corrected chi connectivity index (χ1v) is 8.86. The van der Waals surface area contributed by atoms with Crippen molar-refractivity contribution in [2.24, 2.45) is 11.7 Å². The standard InChI is InChI=1S/C19H20F3N5/c20-19(21,22)14-10-25-18(26-15-7-3-4-11(15)8-23)27-17(14)13-9-24-16-6-2-1-5-12(13)16/h1-2,5-6,9-11,15,24H,3-4,7-8,23H2,(H,25,26,27)/t11-,15-/m1/s1/i6D. The summed E-state index contributed by atoms with van der Waals surface area (Å²) in [6.45, 7) is 0.514. The summed E-state index contributed by atoms with van der Waals surface area (Å²) in [6, 6.07) is 5.15. The van der Waals surface area contributed by atoms with Crippen molar-refractivity contribution < 1.29 is 14.5 Å². The molecule has 142 valence electrons. The van der Waals surface area contributed by atoms with Crippen molar-refractivity contribution in [3.63, 3.8) is 0 Å². The molecule has 0 bridgehead atoms. The van der Waals surface area contributed by atoms with Gasteiger partial charge in [0.15, 0.2) is 0 Å². The second kappa shape index (κ2) is 6.84. The molecule has 4 N–H and O–H groups in total. The van der Waals surface area contributed by atoms with Crippen molar-refractivity contribution in [1.29, 1.82) is 0 Å². The molecule has 2 atom stereocenters. The van der Waals surface area contributed by atoms with Crippen molar-refractivity contribution >= 4 is 16.9 Å². The van der Waals surface area contributed by atoms with E-state index in [0.717, 1.165) is 25.5 Å². The highest BCUT2D eigenvalue weighted by Gasteiger charge is 2.36. The number of halogens is 3. The van der Waals surface area contributed by atoms with Crippen LogP contribution in [-0.2, 0) is 6.18 Å². The second-order valence-electron chi connectivity index (χ2n) is 6.79. The fourth-order valence-corrected chi connectivity index (χ4v) is 3.74. The largest absolute Gasteiger partial charge is 0.419 e. The van der Waals surface area contributed by atoms with Gasteiger partial charge in [-0.05, 0) is 31.3 Å². The Hall–Kier alpha value is -2.61. The van der Waals surface area contributed by atoms with Gasteiger partial charge in [-0.3, -0.25) is 0 Å². The van der Waals surface area contributed by atoms with E-state index in [2.05, 4.69) is 20.3 Å². The number of anilines is 1. The number of fused-ring (bicyclic) bond motifs is 1. The summed E-state index contributed by atoms with van der Waals surface area (Å²) in [5.41, 5.74) is 5.45. The van der Waals surface area contributed by atoms with Crippen molar-refractivity contribution in [2.45, 2.75) is 31.5 Å². The highest BCUT2D eigenvalue weighted by atomic mass is 19.4. The highest BCUT2D eigenvalue weighted by Crippen LogP contribution is 2.39. The Morgan fingerprint density at radius 2 is 2.19 bits per heavy atom. The number of aromatic amines is 1. The van der Waals surface area contributed by atoms with Gasteiger partial charge in [-0.25, -0.2) is 9.97 Å². The second-order valence-corrected chi connectivity index (χ2v) is 6.79. The van der Waals surface area contributed by atoms with Gasteiger partial charge >= 0.3 is 6.18 Å². The van der Waals surface area contributed by atoms with Gasteiger partial charge in [-0.2, -0.15) is 13.2 Å². The fraction of sp³-hybridized carbons (Fsp3) is 0.368. The Bertz CT molecular complexity index is 1000. The Labute approximate surface area is 155 Å². The molecular weight excluding hydrogens is 355 g/mol. The predicted octanol–water partition coefficient (Wildman–Crippen LogP) is 4.18. The molecule has 2 heterocycles. The van der Waals surface area contributed by atoms with Crippen molar-refractivity contribution in [3.05, 3.63) is 42.2 Å². The fourth-order valence-electron chi connectivity index (χ4n) is 3.74. The maximum absolute atomic E-state index is 13.6. The third-order valence-electron chi connectivity index (χ3n) is 5.13. The molecule has 1 aromatic carbocycles. The van der Waals surface area contributed by atoms with Crippen LogP contribution in [0.25, 0.3) is 22.2 Å². The van der Waals surface area contributed by atoms with E-state index in [4.69, 9.17) is 7.10 Å². The van der Waals surface area contributed by atoms with E-state index in [1.165, 1.54) is 6.20 Å². The highest BCUT2D eigenvalue weighted by molar-refractivity contribution is 5.95. The van der Waals surface area contributed by atoms with Crippen LogP contribution in [0.5, 0.6) is 0 Å². The number of benzene rings is 1. The lowest BCUT2D eigenvalue weighted by Crippen LogP contribution is -2.30. The average molecular weight is 376 g/mol. The molecule has 0 unspecified atom stereocenters. The number of rotatable bonds is 4. The number of nitrogens with one attached hydrogen (secondary N) is 2. The number of H-pyrrole nitrogens is 1. The van der Waals surface area contributed by atoms with Crippen LogP contribution in [0.15, 0.2) is 36.6 Å². The maximum atomic E-state index is 13.6. The third kappa shape index (κ3) is 3.37. The molecule has 0 spiro atoms. The van der Waals surface area contributed by atoms with Crippen LogP contribution in [0.1, 0.15) is 26.2 Å². The van der Waals surface area contributed by atoms with Crippen LogP contribution >= 0.6 is 0 Å². The zero-order valence-corrected chi connectivity index (χ0v) is 14.5. The topological polar surface area (TPSA) is 79.6 Å². The monoisotopic (exact) mass is 376 g/mol. The van der Waals surface area contributed by atoms with Crippen molar-refractivity contribution in [2.75, 3.05) is 11.9 Å². The summed E-state index contributed by atoms with van der Waals surface area (Å²) >= 11 is 0. The number of nitrogens with two attached hydrogens (primary N) is 1. The van der Waals surface area contributed by atoms with Crippen LogP contribution in [-0.4, -0.2) is 27.5 Å². The van der Waals surface area contributed by atoms with E-state index in [0.29, 0.717) is 23.0 Å². The lowest BCUT2D eigenvalue weighted by molar-refractivity contribution is -0.137. The van der Waals surface area contributed by atoms with Gasteiger partial charge in [0.2, 0.25) is 5.95 Å². The number of nitrogens with zero attached hydrogens (tertiary/aromatic N) is 2. The normalized spacial score (nSPS) is 20.8. The number of hydrogen-bond donors (Lipinski definition) is 3. The molecule has 1 aliphatic rings. The van der Waals surface area contributed by atoms with Gasteiger partial charge < -0.3 is 16.0 Å². The first-order valence-electron chi connectivity index (χ1n) is 9.36. The number of alkyl halides is 3. The Kier molecular flexibility index (Phi) is 4.20. The molecule has 0 saturated heterocycles. The molecule has 27 heavy (non-hydrogen) atoms. The van der Waals surface area contributed by atoms with Crippen LogP contribution in [0, 0.1) is 5.92 Å². The van der Waals surface area contributed by atoms with Gasteiger partial charge in [0.25, 0.3) is 0 Å². The number of para-hydroxylation sites is 1. The van der Waals surface area contributed by atoms with E-state index in [9.17, 15) is 13.2 Å². The summed E-state index contributed by atoms with van der Waals surface area (Å²) in [5, 5.41) is 3.68. The van der Waals surface area contributed by atoms with Gasteiger partial charge in [-0.15, -0.1) is 0 Å². The van der Waals surface area contributed by atoms with Crippen LogP contribution in [0.2, 0.25) is 0 Å². The minimum absolute atomic E-state index is 0.0531. The van der Waals surface area contributed by atoms with Crippen molar-refractivity contribution in [3.8, 4) is 11.3 Å². The molecule has 5 nitrogen and oxygen atoms in total. The average Bonchev–Trinajstić information content (AvgIpc) is 3.28. The van der Waals surface area contributed by atoms with E-state index in [1.807, 2.05) is 0 Å². The summed E-state index contributed by atoms with van der Waals surface area (Å²) in [7, 11) is 0. The van der Waals surface area contributed by atoms with Gasteiger partial charge in [0.05, 0.1) is 7.06 Å². The molecule has 0 radical (unpaired) electrons. The SMILES string of the molecule is [2H]c1cccc2c(-c3nc(N[C@@H]4CCC[C@@H]4CN)ncc3C(F)(F)F)c[nH]c12. The molecule has 4 rings (SSSR count). The molecule has 2 aromatic heterocycles. The number of hydrogen-bond acceptors (Lipinski definition) is 4. The van der Waals surface area contributed by atoms with E-state index in [-0.39, 0.29) is 29.6 Å². The molecule has 1 fully saturated rings. The Morgan fingerprint density at radius 1 is 1.33 bits per heavy atom. The van der Waals surface area contributed by atoms with Gasteiger partial charge in [0.1, 0.15) is 5.56 Å².